The minimum absolute atomic E-state index is 0.201. The zero-order valence-corrected chi connectivity index (χ0v) is 17.0. The van der Waals surface area contributed by atoms with E-state index in [4.69, 9.17) is 4.99 Å². The summed E-state index contributed by atoms with van der Waals surface area (Å²) in [4.78, 5) is 12.3. The molecular weight excluding hydrogens is 385 g/mol. The number of nitrogens with zero attached hydrogens (tertiary/aromatic N) is 3. The highest BCUT2D eigenvalue weighted by molar-refractivity contribution is 7.13. The lowest BCUT2D eigenvalue weighted by Gasteiger charge is -2.31. The fourth-order valence-electron chi connectivity index (χ4n) is 3.22. The quantitative estimate of drug-likeness (QED) is 0.280. The molecule has 0 saturated carbocycles. The summed E-state index contributed by atoms with van der Waals surface area (Å²) in [6.07, 6.45) is 10.1. The van der Waals surface area contributed by atoms with E-state index in [0.29, 0.717) is 19.3 Å². The second-order valence-electron chi connectivity index (χ2n) is 6.71. The van der Waals surface area contributed by atoms with Gasteiger partial charge in [0.05, 0.1) is 34.7 Å². The Balaban J connectivity index is 1.91. The Morgan fingerprint density at radius 2 is 2.21 bits per heavy atom. The molecule has 1 aromatic carbocycles. The summed E-state index contributed by atoms with van der Waals surface area (Å²) in [5.41, 5.74) is 5.75. The molecule has 1 aromatic heterocycles. The highest BCUT2D eigenvalue weighted by Crippen LogP contribution is 2.34. The van der Waals surface area contributed by atoms with Crippen LogP contribution in [0.2, 0.25) is 0 Å². The van der Waals surface area contributed by atoms with Crippen molar-refractivity contribution < 1.29 is 9.50 Å². The number of thiazole rings is 1. The van der Waals surface area contributed by atoms with Crippen LogP contribution < -0.4 is 0 Å². The van der Waals surface area contributed by atoms with Crippen LogP contribution in [-0.4, -0.2) is 20.8 Å². The van der Waals surface area contributed by atoms with Gasteiger partial charge in [0.2, 0.25) is 0 Å². The maximum absolute atomic E-state index is 12.6. The van der Waals surface area contributed by atoms with Crippen molar-refractivity contribution in [1.29, 1.82) is 0 Å². The lowest BCUT2D eigenvalue weighted by molar-refractivity contribution is 0.384. The van der Waals surface area contributed by atoms with Crippen molar-refractivity contribution in [2.45, 2.75) is 32.2 Å². The molecule has 0 radical (unpaired) electrons. The summed E-state index contributed by atoms with van der Waals surface area (Å²) >= 11 is 1.60. The number of amidine groups is 1. The fourth-order valence-corrected chi connectivity index (χ4v) is 3.84. The number of aliphatic imine (C=N–C) groups is 1. The van der Waals surface area contributed by atoms with Gasteiger partial charge in [-0.3, -0.25) is 4.98 Å². The van der Waals surface area contributed by atoms with E-state index in [1.165, 1.54) is 6.08 Å². The van der Waals surface area contributed by atoms with Crippen molar-refractivity contribution >= 4 is 22.9 Å². The van der Waals surface area contributed by atoms with Crippen molar-refractivity contribution in [3.8, 4) is 10.4 Å². The van der Waals surface area contributed by atoms with Gasteiger partial charge in [0.25, 0.3) is 0 Å². The summed E-state index contributed by atoms with van der Waals surface area (Å²) in [6.45, 7) is 8.05. The Morgan fingerprint density at radius 3 is 2.90 bits per heavy atom. The van der Waals surface area contributed by atoms with Crippen LogP contribution in [0.3, 0.4) is 0 Å². The van der Waals surface area contributed by atoms with Crippen molar-refractivity contribution in [2.75, 3.05) is 0 Å². The number of halogens is 1. The normalized spacial score (nSPS) is 14.0. The first-order valence-electron chi connectivity index (χ1n) is 9.45. The smallest absolute Gasteiger partial charge is 0.110 e. The van der Waals surface area contributed by atoms with Crippen molar-refractivity contribution in [3.05, 3.63) is 84.6 Å². The number of hydrogen-bond donors (Lipinski definition) is 1. The van der Waals surface area contributed by atoms with Gasteiger partial charge in [0.15, 0.2) is 0 Å². The zero-order valence-electron chi connectivity index (χ0n) is 16.2. The molecule has 29 heavy (non-hydrogen) atoms. The van der Waals surface area contributed by atoms with Gasteiger partial charge in [-0.15, -0.1) is 11.3 Å². The van der Waals surface area contributed by atoms with E-state index in [-0.39, 0.29) is 5.76 Å². The van der Waals surface area contributed by atoms with E-state index in [2.05, 4.69) is 41.2 Å². The van der Waals surface area contributed by atoms with Crippen LogP contribution in [0.15, 0.2) is 84.1 Å². The van der Waals surface area contributed by atoms with Crippen molar-refractivity contribution in [1.82, 2.24) is 9.88 Å². The molecule has 1 aliphatic heterocycles. The third-order valence-corrected chi connectivity index (χ3v) is 5.49. The first kappa shape index (κ1) is 20.7. The van der Waals surface area contributed by atoms with E-state index < -0.39 is 0 Å². The van der Waals surface area contributed by atoms with E-state index >= 15 is 0 Å². The van der Waals surface area contributed by atoms with Crippen LogP contribution in [0.4, 0.5) is 10.1 Å². The third kappa shape index (κ3) is 5.29. The highest BCUT2D eigenvalue weighted by atomic mass is 32.1. The molecule has 0 aliphatic carbocycles. The molecule has 0 spiro atoms. The molecule has 0 atom stereocenters. The Kier molecular flexibility index (Phi) is 7.14. The second-order valence-corrected chi connectivity index (χ2v) is 7.60. The maximum atomic E-state index is 12.6. The molecule has 1 N–H and O–H groups in total. The Morgan fingerprint density at radius 1 is 1.34 bits per heavy atom. The molecule has 6 heteroatoms. The van der Waals surface area contributed by atoms with Gasteiger partial charge in [0, 0.05) is 24.7 Å². The van der Waals surface area contributed by atoms with Gasteiger partial charge < -0.3 is 10.0 Å². The third-order valence-electron chi connectivity index (χ3n) is 4.67. The summed E-state index contributed by atoms with van der Waals surface area (Å²) in [7, 11) is 0. The summed E-state index contributed by atoms with van der Waals surface area (Å²) < 4.78 is 12.6. The highest BCUT2D eigenvalue weighted by Gasteiger charge is 2.22. The van der Waals surface area contributed by atoms with Crippen molar-refractivity contribution in [2.24, 2.45) is 4.99 Å². The molecule has 0 saturated heterocycles. The van der Waals surface area contributed by atoms with Gasteiger partial charge in [-0.05, 0) is 48.3 Å². The molecule has 4 nitrogen and oxygen atoms in total. The number of benzene rings is 1. The van der Waals surface area contributed by atoms with Crippen LogP contribution in [0, 0.1) is 0 Å². The number of allylic oxidation sites excluding steroid dienone is 4. The van der Waals surface area contributed by atoms with Crippen LogP contribution in [0.5, 0.6) is 0 Å². The molecular formula is C23H24FN3OS. The first-order chi connectivity index (χ1) is 14.1. The lowest BCUT2D eigenvalue weighted by atomic mass is 10.0. The van der Waals surface area contributed by atoms with Gasteiger partial charge >= 0.3 is 0 Å². The fraction of sp³-hybridized carbons (Fsp3) is 0.217. The average Bonchev–Trinajstić information content (AvgIpc) is 3.26. The molecule has 1 aliphatic rings. The molecule has 3 rings (SSSR count). The molecule has 0 fully saturated rings. The summed E-state index contributed by atoms with van der Waals surface area (Å²) in [5, 5.41) is 9.31. The van der Waals surface area contributed by atoms with Crippen LogP contribution in [0.1, 0.15) is 31.2 Å². The monoisotopic (exact) mass is 409 g/mol. The Hall–Kier alpha value is -2.99. The topological polar surface area (TPSA) is 48.7 Å². The predicted molar refractivity (Wildman–Crippen MR) is 119 cm³/mol. The van der Waals surface area contributed by atoms with Gasteiger partial charge in [-0.2, -0.15) is 0 Å². The van der Waals surface area contributed by atoms with E-state index in [1.54, 1.807) is 23.5 Å². The zero-order chi connectivity index (χ0) is 20.6. The number of aliphatic hydroxyl groups excluding tert-OH is 1. The van der Waals surface area contributed by atoms with E-state index in [0.717, 1.165) is 52.5 Å². The average molecular weight is 410 g/mol. The number of aliphatic hydroxyl groups is 1. The second kappa shape index (κ2) is 9.98. The van der Waals surface area contributed by atoms with Gasteiger partial charge in [-0.1, -0.05) is 25.3 Å². The van der Waals surface area contributed by atoms with E-state index in [1.807, 2.05) is 11.7 Å². The van der Waals surface area contributed by atoms with Crippen LogP contribution >= 0.6 is 11.3 Å². The van der Waals surface area contributed by atoms with Gasteiger partial charge in [-0.25, -0.2) is 9.38 Å². The minimum Gasteiger partial charge on any atom is -0.513 e. The first-order valence-corrected chi connectivity index (χ1v) is 10.3. The molecule has 0 amide bonds. The van der Waals surface area contributed by atoms with Crippen LogP contribution in [-0.2, 0) is 6.54 Å². The SMILES string of the molecule is C=C/C(=C\C=C\F)N1Cc2ccc(-c3cncs3)cc2N=C1CCCCC(=C)O. The molecule has 150 valence electrons. The molecule has 2 aromatic rings. The largest absolute Gasteiger partial charge is 0.513 e. The van der Waals surface area contributed by atoms with Crippen LogP contribution in [0.25, 0.3) is 10.4 Å². The predicted octanol–water partition coefficient (Wildman–Crippen LogP) is 6.84. The summed E-state index contributed by atoms with van der Waals surface area (Å²) in [6, 6.07) is 6.25. The molecule has 0 bridgehead atoms. The standard InChI is InChI=1S/C23H24FN3OS/c1-3-20(8-6-12-24)27-15-19-11-10-18(22-14-25-16-29-22)13-21(19)26-23(27)9-5-4-7-17(2)28/h3,6,8,10-14,16,28H,1-2,4-5,7,9,15H2/b12-6+,20-8+. The number of hydrogen-bond acceptors (Lipinski definition) is 5. The Bertz CT molecular complexity index is 961. The van der Waals surface area contributed by atoms with Crippen molar-refractivity contribution in [3.63, 3.8) is 0 Å². The lowest BCUT2D eigenvalue weighted by Crippen LogP contribution is -2.31. The number of aromatic nitrogens is 1. The number of fused-ring (bicyclic) bond motifs is 1. The van der Waals surface area contributed by atoms with E-state index in [9.17, 15) is 9.50 Å². The number of rotatable bonds is 9. The maximum Gasteiger partial charge on any atom is 0.110 e. The number of unbranched alkanes of at least 4 members (excludes halogenated alkanes) is 1. The minimum atomic E-state index is 0.201. The summed E-state index contributed by atoms with van der Waals surface area (Å²) in [5.74, 6) is 1.10. The molecule has 2 heterocycles. The van der Waals surface area contributed by atoms with Gasteiger partial charge in [0.1, 0.15) is 5.84 Å². The molecule has 0 unspecified atom stereocenters. The Labute approximate surface area is 174 Å².